The highest BCUT2D eigenvalue weighted by atomic mass is 16.3. The molecule has 0 fully saturated rings. The molecular formula is C13H13N3O. The van der Waals surface area contributed by atoms with Gasteiger partial charge in [-0.3, -0.25) is 0 Å². The van der Waals surface area contributed by atoms with Crippen LogP contribution in [0, 0.1) is 6.92 Å². The topological polar surface area (TPSA) is 67.8 Å². The maximum atomic E-state index is 5.70. The first kappa shape index (κ1) is 10.1. The van der Waals surface area contributed by atoms with E-state index >= 15 is 0 Å². The molecular weight excluding hydrogens is 214 g/mol. The van der Waals surface area contributed by atoms with Crippen molar-refractivity contribution in [2.24, 2.45) is 5.73 Å². The Morgan fingerprint density at radius 1 is 1.35 bits per heavy atom. The lowest BCUT2D eigenvalue weighted by atomic mass is 10.2. The van der Waals surface area contributed by atoms with Gasteiger partial charge in [-0.15, -0.1) is 0 Å². The highest BCUT2D eigenvalue weighted by Crippen LogP contribution is 2.25. The largest absolute Gasteiger partial charge is 0.461 e. The fourth-order valence-electron chi connectivity index (χ4n) is 1.98. The van der Waals surface area contributed by atoms with Gasteiger partial charge in [0.15, 0.2) is 11.6 Å². The van der Waals surface area contributed by atoms with E-state index in [0.29, 0.717) is 6.54 Å². The molecule has 17 heavy (non-hydrogen) atoms. The minimum Gasteiger partial charge on any atom is -0.461 e. The fourth-order valence-corrected chi connectivity index (χ4v) is 1.98. The first-order valence-electron chi connectivity index (χ1n) is 5.51. The average Bonchev–Trinajstić information content (AvgIpc) is 2.93. The van der Waals surface area contributed by atoms with Crippen LogP contribution in [0.15, 0.2) is 34.9 Å². The molecule has 3 rings (SSSR count). The number of aromatic nitrogens is 2. The van der Waals surface area contributed by atoms with Crippen LogP contribution >= 0.6 is 0 Å². The average molecular weight is 227 g/mol. The number of benzene rings is 1. The van der Waals surface area contributed by atoms with Gasteiger partial charge in [0.2, 0.25) is 0 Å². The number of nitrogens with one attached hydrogen (secondary N) is 1. The van der Waals surface area contributed by atoms with Gasteiger partial charge in [-0.2, -0.15) is 0 Å². The molecule has 0 aliphatic rings. The van der Waals surface area contributed by atoms with Crippen molar-refractivity contribution in [3.63, 3.8) is 0 Å². The minimum atomic E-state index is 0.485. The molecule has 0 bridgehead atoms. The third kappa shape index (κ3) is 1.54. The Morgan fingerprint density at radius 2 is 2.24 bits per heavy atom. The molecule has 4 heteroatoms. The summed E-state index contributed by atoms with van der Waals surface area (Å²) in [5.41, 5.74) is 9.70. The quantitative estimate of drug-likeness (QED) is 0.707. The number of nitrogens with zero attached hydrogens (tertiary/aromatic N) is 1. The lowest BCUT2D eigenvalue weighted by Crippen LogP contribution is -1.96. The van der Waals surface area contributed by atoms with Gasteiger partial charge in [0.05, 0.1) is 17.3 Å². The van der Waals surface area contributed by atoms with Crippen molar-refractivity contribution in [1.82, 2.24) is 9.97 Å². The van der Waals surface area contributed by atoms with E-state index in [1.165, 1.54) is 0 Å². The van der Waals surface area contributed by atoms with Crippen LogP contribution in [-0.4, -0.2) is 9.97 Å². The number of hydrogen-bond donors (Lipinski definition) is 2. The molecule has 0 unspecified atom stereocenters. The smallest absolute Gasteiger partial charge is 0.174 e. The first-order chi connectivity index (χ1) is 8.29. The fraction of sp³-hybridized carbons (Fsp3) is 0.154. The van der Waals surface area contributed by atoms with Gasteiger partial charge in [-0.1, -0.05) is 12.1 Å². The lowest BCUT2D eigenvalue weighted by molar-refractivity contribution is 0.577. The second-order valence-electron chi connectivity index (χ2n) is 4.04. The number of furan rings is 1. The summed E-state index contributed by atoms with van der Waals surface area (Å²) in [6.45, 7) is 2.48. The minimum absolute atomic E-state index is 0.485. The molecule has 1 aromatic carbocycles. The third-order valence-corrected chi connectivity index (χ3v) is 2.89. The van der Waals surface area contributed by atoms with E-state index in [4.69, 9.17) is 10.2 Å². The van der Waals surface area contributed by atoms with Crippen molar-refractivity contribution in [1.29, 1.82) is 0 Å². The maximum Gasteiger partial charge on any atom is 0.174 e. The Morgan fingerprint density at radius 3 is 2.94 bits per heavy atom. The molecule has 86 valence electrons. The molecule has 3 aromatic rings. The number of fused-ring (bicyclic) bond motifs is 1. The zero-order valence-corrected chi connectivity index (χ0v) is 9.53. The summed E-state index contributed by atoms with van der Waals surface area (Å²) in [7, 11) is 0. The Kier molecular flexibility index (Phi) is 2.23. The second kappa shape index (κ2) is 3.75. The summed E-state index contributed by atoms with van der Waals surface area (Å²) < 4.78 is 5.43. The molecule has 0 aliphatic heterocycles. The first-order valence-corrected chi connectivity index (χ1v) is 5.51. The van der Waals surface area contributed by atoms with Crippen molar-refractivity contribution >= 4 is 11.0 Å². The van der Waals surface area contributed by atoms with Crippen molar-refractivity contribution in [3.05, 3.63) is 41.7 Å². The molecule has 0 atom stereocenters. The van der Waals surface area contributed by atoms with E-state index in [0.717, 1.165) is 33.7 Å². The third-order valence-electron chi connectivity index (χ3n) is 2.89. The number of para-hydroxylation sites is 1. The lowest BCUT2D eigenvalue weighted by Gasteiger charge is -1.95. The molecule has 2 heterocycles. The number of hydrogen-bond acceptors (Lipinski definition) is 3. The zero-order valence-electron chi connectivity index (χ0n) is 9.53. The molecule has 3 N–H and O–H groups in total. The van der Waals surface area contributed by atoms with Gasteiger partial charge < -0.3 is 15.1 Å². The monoisotopic (exact) mass is 227 g/mol. The summed E-state index contributed by atoms with van der Waals surface area (Å²) in [5.74, 6) is 1.53. The molecule has 4 nitrogen and oxygen atoms in total. The Balaban J connectivity index is 2.24. The Hall–Kier alpha value is -2.07. The number of nitrogens with two attached hydrogens (primary N) is 1. The number of aromatic amines is 1. The second-order valence-corrected chi connectivity index (χ2v) is 4.04. The van der Waals surface area contributed by atoms with Crippen LogP contribution in [0.25, 0.3) is 22.6 Å². The van der Waals surface area contributed by atoms with E-state index in [1.807, 2.05) is 31.2 Å². The summed E-state index contributed by atoms with van der Waals surface area (Å²) in [5, 5.41) is 0. The van der Waals surface area contributed by atoms with Crippen LogP contribution in [0.3, 0.4) is 0 Å². The number of H-pyrrole nitrogens is 1. The number of rotatable bonds is 2. The Bertz CT molecular complexity index is 666. The van der Waals surface area contributed by atoms with Crippen LogP contribution in [0.5, 0.6) is 0 Å². The van der Waals surface area contributed by atoms with Crippen LogP contribution in [0.4, 0.5) is 0 Å². The van der Waals surface area contributed by atoms with Gasteiger partial charge >= 0.3 is 0 Å². The molecule has 0 spiro atoms. The van der Waals surface area contributed by atoms with Gasteiger partial charge in [0, 0.05) is 6.54 Å². The van der Waals surface area contributed by atoms with Gasteiger partial charge in [0.25, 0.3) is 0 Å². The molecule has 0 aliphatic carbocycles. The van der Waals surface area contributed by atoms with E-state index in [2.05, 4.69) is 9.97 Å². The summed E-state index contributed by atoms with van der Waals surface area (Å²) >= 11 is 0. The van der Waals surface area contributed by atoms with Crippen molar-refractivity contribution < 1.29 is 4.42 Å². The van der Waals surface area contributed by atoms with E-state index in [-0.39, 0.29) is 0 Å². The van der Waals surface area contributed by atoms with E-state index < -0.39 is 0 Å². The van der Waals surface area contributed by atoms with E-state index in [9.17, 15) is 0 Å². The standard InChI is InChI=1S/C13H13N3O/c1-8-5-6-17-12(8)13-15-10-4-2-3-9(7-14)11(10)16-13/h2-6H,7,14H2,1H3,(H,15,16). The van der Waals surface area contributed by atoms with Crippen LogP contribution in [-0.2, 0) is 6.54 Å². The summed E-state index contributed by atoms with van der Waals surface area (Å²) in [6, 6.07) is 7.87. The van der Waals surface area contributed by atoms with Crippen LogP contribution in [0.1, 0.15) is 11.1 Å². The summed E-state index contributed by atoms with van der Waals surface area (Å²) in [6.07, 6.45) is 1.67. The maximum absolute atomic E-state index is 5.70. The van der Waals surface area contributed by atoms with Crippen LogP contribution < -0.4 is 5.73 Å². The molecule has 2 aromatic heterocycles. The molecule has 0 radical (unpaired) electrons. The highest BCUT2D eigenvalue weighted by molar-refractivity contribution is 5.82. The molecule has 0 saturated carbocycles. The predicted octanol–water partition coefficient (Wildman–Crippen LogP) is 2.59. The van der Waals surface area contributed by atoms with Crippen molar-refractivity contribution in [2.75, 3.05) is 0 Å². The van der Waals surface area contributed by atoms with E-state index in [1.54, 1.807) is 6.26 Å². The van der Waals surface area contributed by atoms with Crippen molar-refractivity contribution in [3.8, 4) is 11.6 Å². The number of imidazole rings is 1. The normalized spacial score (nSPS) is 11.2. The van der Waals surface area contributed by atoms with Gasteiger partial charge in [-0.05, 0) is 30.2 Å². The van der Waals surface area contributed by atoms with Crippen molar-refractivity contribution in [2.45, 2.75) is 13.5 Å². The SMILES string of the molecule is Cc1ccoc1-c1nc2c(CN)cccc2[nH]1. The molecule has 0 saturated heterocycles. The van der Waals surface area contributed by atoms with Gasteiger partial charge in [-0.25, -0.2) is 4.98 Å². The van der Waals surface area contributed by atoms with Gasteiger partial charge in [0.1, 0.15) is 0 Å². The summed E-state index contributed by atoms with van der Waals surface area (Å²) in [4.78, 5) is 7.81. The number of aryl methyl sites for hydroxylation is 1. The predicted molar refractivity (Wildman–Crippen MR) is 66.4 cm³/mol. The zero-order chi connectivity index (χ0) is 11.8. The Labute approximate surface area is 98.5 Å². The van der Waals surface area contributed by atoms with Crippen LogP contribution in [0.2, 0.25) is 0 Å². The molecule has 0 amide bonds. The highest BCUT2D eigenvalue weighted by Gasteiger charge is 2.12.